The Bertz CT molecular complexity index is 1360. The number of carbonyl (C=O) groups is 3. The third kappa shape index (κ3) is 5.70. The van der Waals surface area contributed by atoms with Crippen LogP contribution >= 0.6 is 0 Å². The van der Waals surface area contributed by atoms with Gasteiger partial charge in [0, 0.05) is 17.1 Å². The number of nitrogens with one attached hydrogen (secondary N) is 1. The summed E-state index contributed by atoms with van der Waals surface area (Å²) in [5.74, 6) is -0.0356. The van der Waals surface area contributed by atoms with Crippen LogP contribution < -0.4 is 19.7 Å². The number of esters is 1. The van der Waals surface area contributed by atoms with Crippen molar-refractivity contribution in [1.29, 1.82) is 0 Å². The highest BCUT2D eigenvalue weighted by Crippen LogP contribution is 2.35. The van der Waals surface area contributed by atoms with Gasteiger partial charge in [-0.1, -0.05) is 30.3 Å². The number of hydrogen-bond acceptors (Lipinski definition) is 6. The molecule has 1 N–H and O–H groups in total. The number of allylic oxidation sites excluding steroid dienone is 1. The highest BCUT2D eigenvalue weighted by atomic mass is 16.5. The monoisotopic (exact) mass is 498 g/mol. The van der Waals surface area contributed by atoms with Gasteiger partial charge in [0.05, 0.1) is 25.4 Å². The minimum Gasteiger partial charge on any atom is -0.497 e. The molecule has 0 spiro atoms. The highest BCUT2D eigenvalue weighted by molar-refractivity contribution is 6.23. The Labute approximate surface area is 214 Å². The van der Waals surface area contributed by atoms with Gasteiger partial charge in [-0.15, -0.1) is 0 Å². The van der Waals surface area contributed by atoms with Gasteiger partial charge in [-0.25, -0.2) is 4.79 Å². The van der Waals surface area contributed by atoms with Crippen LogP contribution in [0.4, 0.5) is 11.4 Å². The molecule has 0 unspecified atom stereocenters. The summed E-state index contributed by atoms with van der Waals surface area (Å²) < 4.78 is 15.6. The van der Waals surface area contributed by atoms with E-state index < -0.39 is 5.97 Å². The lowest BCUT2D eigenvalue weighted by Crippen LogP contribution is -2.24. The predicted molar refractivity (Wildman–Crippen MR) is 140 cm³/mol. The van der Waals surface area contributed by atoms with E-state index in [1.165, 1.54) is 12.0 Å². The molecule has 0 radical (unpaired) electrons. The van der Waals surface area contributed by atoms with E-state index in [9.17, 15) is 14.4 Å². The van der Waals surface area contributed by atoms with E-state index >= 15 is 0 Å². The average molecular weight is 499 g/mol. The van der Waals surface area contributed by atoms with Crippen molar-refractivity contribution in [3.05, 3.63) is 101 Å². The minimum atomic E-state index is -0.585. The molecule has 0 aromatic heterocycles. The zero-order valence-electron chi connectivity index (χ0n) is 20.7. The smallest absolute Gasteiger partial charge is 0.340 e. The number of rotatable bonds is 8. The first-order chi connectivity index (χ1) is 17.9. The van der Waals surface area contributed by atoms with E-state index in [1.807, 2.05) is 18.2 Å². The van der Waals surface area contributed by atoms with Crippen molar-refractivity contribution in [2.24, 2.45) is 0 Å². The maximum absolute atomic E-state index is 13.3. The Hall–Kier alpha value is -4.85. The summed E-state index contributed by atoms with van der Waals surface area (Å²) in [5, 5.41) is 2.75. The van der Waals surface area contributed by atoms with Crippen molar-refractivity contribution >= 4 is 35.2 Å². The fraction of sp³-hybridized carbons (Fsp3) is 0.138. The summed E-state index contributed by atoms with van der Waals surface area (Å²) in [6.07, 6.45) is 1.64. The van der Waals surface area contributed by atoms with Crippen LogP contribution in [-0.2, 0) is 19.1 Å². The Morgan fingerprint density at radius 1 is 0.892 bits per heavy atom. The van der Waals surface area contributed by atoms with Crippen molar-refractivity contribution in [3.8, 4) is 11.5 Å². The van der Waals surface area contributed by atoms with E-state index in [0.29, 0.717) is 34.1 Å². The van der Waals surface area contributed by atoms with Gasteiger partial charge < -0.3 is 19.5 Å². The van der Waals surface area contributed by atoms with Crippen LogP contribution in [0.1, 0.15) is 12.5 Å². The number of methoxy groups -OCH3 is 2. The first-order valence-electron chi connectivity index (χ1n) is 11.5. The molecule has 1 aliphatic rings. The second-order valence-corrected chi connectivity index (χ2v) is 8.12. The fourth-order valence-corrected chi connectivity index (χ4v) is 3.92. The Balaban J connectivity index is 1.46. The van der Waals surface area contributed by atoms with E-state index in [1.54, 1.807) is 80.8 Å². The molecule has 1 aliphatic heterocycles. The molecule has 0 saturated heterocycles. The van der Waals surface area contributed by atoms with Crippen LogP contribution in [-0.4, -0.2) is 38.6 Å². The molecule has 37 heavy (non-hydrogen) atoms. The van der Waals surface area contributed by atoms with Crippen LogP contribution in [0.5, 0.6) is 11.5 Å². The Morgan fingerprint density at radius 2 is 1.54 bits per heavy atom. The molecule has 3 aromatic carbocycles. The van der Waals surface area contributed by atoms with Gasteiger partial charge in [0.1, 0.15) is 11.5 Å². The molecular formula is C29H26N2O6. The molecule has 4 rings (SSSR count). The first kappa shape index (κ1) is 25.2. The largest absolute Gasteiger partial charge is 0.497 e. The molecule has 0 atom stereocenters. The van der Waals surface area contributed by atoms with Crippen LogP contribution in [0.3, 0.4) is 0 Å². The van der Waals surface area contributed by atoms with Crippen molar-refractivity contribution < 1.29 is 28.6 Å². The molecule has 188 valence electrons. The van der Waals surface area contributed by atoms with Crippen molar-refractivity contribution in [2.45, 2.75) is 6.92 Å². The lowest BCUT2D eigenvalue weighted by molar-refractivity contribution is -0.136. The zero-order valence-corrected chi connectivity index (χ0v) is 20.7. The molecule has 8 heteroatoms. The number of hydrogen-bond donors (Lipinski definition) is 1. The van der Waals surface area contributed by atoms with Gasteiger partial charge in [-0.3, -0.25) is 14.5 Å². The lowest BCUT2D eigenvalue weighted by Gasteiger charge is -2.17. The maximum Gasteiger partial charge on any atom is 0.340 e. The van der Waals surface area contributed by atoms with Crippen molar-refractivity contribution in [3.63, 3.8) is 0 Å². The Kier molecular flexibility index (Phi) is 7.68. The number of para-hydroxylation sites is 1. The van der Waals surface area contributed by atoms with Crippen molar-refractivity contribution in [1.82, 2.24) is 0 Å². The minimum absolute atomic E-state index is 0.175. The molecule has 8 nitrogen and oxygen atoms in total. The molecule has 0 aliphatic carbocycles. The number of ether oxygens (including phenoxy) is 3. The predicted octanol–water partition coefficient (Wildman–Crippen LogP) is 4.59. The third-order valence-electron chi connectivity index (χ3n) is 5.74. The molecule has 0 bridgehead atoms. The number of benzene rings is 3. The van der Waals surface area contributed by atoms with Gasteiger partial charge in [-0.05, 0) is 67.1 Å². The Morgan fingerprint density at radius 3 is 2.16 bits per heavy atom. The summed E-state index contributed by atoms with van der Waals surface area (Å²) in [7, 11) is 2.86. The molecule has 0 fully saturated rings. The zero-order chi connectivity index (χ0) is 26.4. The van der Waals surface area contributed by atoms with Crippen LogP contribution in [0.15, 0.2) is 95.7 Å². The summed E-state index contributed by atoms with van der Waals surface area (Å²) in [4.78, 5) is 39.6. The second kappa shape index (κ2) is 11.3. The molecule has 3 aromatic rings. The average Bonchev–Trinajstić information content (AvgIpc) is 3.17. The van der Waals surface area contributed by atoms with E-state index in [4.69, 9.17) is 14.2 Å². The summed E-state index contributed by atoms with van der Waals surface area (Å²) in [6, 6.07) is 22.9. The number of carbonyl (C=O) groups excluding carboxylic acids is 3. The summed E-state index contributed by atoms with van der Waals surface area (Å²) >= 11 is 0. The van der Waals surface area contributed by atoms with Gasteiger partial charge in [-0.2, -0.15) is 0 Å². The van der Waals surface area contributed by atoms with E-state index in [-0.39, 0.29) is 29.6 Å². The third-order valence-corrected chi connectivity index (χ3v) is 5.74. The number of amides is 2. The summed E-state index contributed by atoms with van der Waals surface area (Å²) in [5.41, 5.74) is 2.92. The SMILES string of the molecule is COC(=O)C1=C(C)N(c2ccccc2)C(=O)/C1=C\c1ccc(OCC(=O)Nc2ccc(OC)cc2)cc1. The molecular weight excluding hydrogens is 472 g/mol. The molecule has 0 saturated carbocycles. The van der Waals surface area contributed by atoms with Crippen LogP contribution in [0.25, 0.3) is 6.08 Å². The van der Waals surface area contributed by atoms with Gasteiger partial charge in [0.15, 0.2) is 6.61 Å². The van der Waals surface area contributed by atoms with Crippen molar-refractivity contribution in [2.75, 3.05) is 31.0 Å². The van der Waals surface area contributed by atoms with E-state index in [2.05, 4.69) is 5.32 Å². The molecule has 2 amide bonds. The topological polar surface area (TPSA) is 94.2 Å². The standard InChI is InChI=1S/C29H26N2O6/c1-19-27(29(34)36-3)25(28(33)31(19)22-7-5-4-6-8-22)17-20-9-13-24(14-10-20)37-18-26(32)30-21-11-15-23(35-2)16-12-21/h4-17H,18H2,1-3H3,(H,30,32)/b25-17-. The van der Waals surface area contributed by atoms with E-state index in [0.717, 1.165) is 0 Å². The first-order valence-corrected chi connectivity index (χ1v) is 11.5. The highest BCUT2D eigenvalue weighted by Gasteiger charge is 2.37. The quantitative estimate of drug-likeness (QED) is 0.361. The lowest BCUT2D eigenvalue weighted by atomic mass is 10.0. The van der Waals surface area contributed by atoms with Crippen LogP contribution in [0.2, 0.25) is 0 Å². The van der Waals surface area contributed by atoms with Gasteiger partial charge in [0.25, 0.3) is 11.8 Å². The second-order valence-electron chi connectivity index (χ2n) is 8.12. The fourth-order valence-electron chi connectivity index (χ4n) is 3.92. The number of nitrogens with zero attached hydrogens (tertiary/aromatic N) is 1. The van der Waals surface area contributed by atoms with Gasteiger partial charge in [0.2, 0.25) is 0 Å². The van der Waals surface area contributed by atoms with Crippen LogP contribution in [0, 0.1) is 0 Å². The van der Waals surface area contributed by atoms with Gasteiger partial charge >= 0.3 is 5.97 Å². The maximum atomic E-state index is 13.3. The molecule has 1 heterocycles. The summed E-state index contributed by atoms with van der Waals surface area (Å²) in [6.45, 7) is 1.54. The normalized spacial score (nSPS) is 14.1. The number of anilines is 2.